The summed E-state index contributed by atoms with van der Waals surface area (Å²) in [5, 5.41) is 3.55. The maximum absolute atomic E-state index is 12.8. The monoisotopic (exact) mass is 307 g/mol. The van der Waals surface area contributed by atoms with Gasteiger partial charge < -0.3 is 5.73 Å². The van der Waals surface area contributed by atoms with Gasteiger partial charge in [0.1, 0.15) is 0 Å². The van der Waals surface area contributed by atoms with Crippen LogP contribution in [0.15, 0.2) is 53.6 Å². The second-order valence-corrected chi connectivity index (χ2v) is 4.37. The van der Waals surface area contributed by atoms with E-state index in [1.807, 2.05) is 0 Å². The number of nitrogens with zero attached hydrogens (tertiary/aromatic N) is 1. The molecule has 0 aliphatic carbocycles. The number of carbonyl (C=O) groups excluding carboxylic acids is 1. The molecule has 0 unspecified atom stereocenters. The van der Waals surface area contributed by atoms with E-state index in [1.165, 1.54) is 30.3 Å². The highest BCUT2D eigenvalue weighted by Crippen LogP contribution is 2.31. The Morgan fingerprint density at radius 2 is 1.73 bits per heavy atom. The van der Waals surface area contributed by atoms with Crippen molar-refractivity contribution in [1.82, 2.24) is 5.43 Å². The lowest BCUT2D eigenvalue weighted by Crippen LogP contribution is -2.19. The van der Waals surface area contributed by atoms with Gasteiger partial charge in [-0.25, -0.2) is 5.43 Å². The third kappa shape index (κ3) is 3.63. The molecule has 0 spiro atoms. The first-order valence-corrected chi connectivity index (χ1v) is 6.23. The maximum atomic E-state index is 12.8. The summed E-state index contributed by atoms with van der Waals surface area (Å²) in [4.78, 5) is 11.8. The lowest BCUT2D eigenvalue weighted by molar-refractivity contribution is -0.137. The van der Waals surface area contributed by atoms with Crippen LogP contribution in [0.1, 0.15) is 21.5 Å². The Bertz CT molecular complexity index is 711. The van der Waals surface area contributed by atoms with E-state index in [9.17, 15) is 18.0 Å². The number of alkyl halides is 3. The minimum absolute atomic E-state index is 0.142. The van der Waals surface area contributed by atoms with Crippen LogP contribution in [0.5, 0.6) is 0 Å². The van der Waals surface area contributed by atoms with E-state index in [4.69, 9.17) is 5.73 Å². The Morgan fingerprint density at radius 1 is 1.09 bits per heavy atom. The van der Waals surface area contributed by atoms with Crippen molar-refractivity contribution < 1.29 is 18.0 Å². The van der Waals surface area contributed by atoms with Crippen molar-refractivity contribution in [2.75, 3.05) is 5.73 Å². The fourth-order valence-corrected chi connectivity index (χ4v) is 1.79. The van der Waals surface area contributed by atoms with Gasteiger partial charge in [-0.2, -0.15) is 18.3 Å². The molecule has 114 valence electrons. The normalized spacial score (nSPS) is 11.6. The van der Waals surface area contributed by atoms with E-state index in [2.05, 4.69) is 10.5 Å². The number of hydrogen-bond donors (Lipinski definition) is 2. The van der Waals surface area contributed by atoms with Crippen molar-refractivity contribution >= 4 is 17.8 Å². The predicted molar refractivity (Wildman–Crippen MR) is 77.4 cm³/mol. The average molecular weight is 307 g/mol. The Balaban J connectivity index is 2.14. The van der Waals surface area contributed by atoms with Crippen molar-refractivity contribution in [1.29, 1.82) is 0 Å². The fraction of sp³-hybridized carbons (Fsp3) is 0.0667. The number of amides is 1. The molecule has 0 fully saturated rings. The number of halogens is 3. The molecule has 4 nitrogen and oxygen atoms in total. The number of nitrogen functional groups attached to an aromatic ring is 1. The minimum Gasteiger partial charge on any atom is -0.398 e. The number of hydrazone groups is 1. The number of benzene rings is 2. The fourth-order valence-electron chi connectivity index (χ4n) is 1.79. The Hall–Kier alpha value is -2.83. The molecule has 1 amide bonds. The van der Waals surface area contributed by atoms with E-state index in [1.54, 1.807) is 12.1 Å². The molecule has 2 rings (SSSR count). The summed E-state index contributed by atoms with van der Waals surface area (Å²) in [5.41, 5.74) is 7.26. The molecule has 0 bridgehead atoms. The van der Waals surface area contributed by atoms with Gasteiger partial charge in [0.05, 0.1) is 17.3 Å². The molecular formula is C15H12F3N3O. The van der Waals surface area contributed by atoms with E-state index in [0.29, 0.717) is 0 Å². The van der Waals surface area contributed by atoms with E-state index in [0.717, 1.165) is 12.3 Å². The predicted octanol–water partition coefficient (Wildman–Crippen LogP) is 3.05. The first-order valence-electron chi connectivity index (χ1n) is 6.23. The smallest absolute Gasteiger partial charge is 0.398 e. The topological polar surface area (TPSA) is 67.5 Å². The van der Waals surface area contributed by atoms with Gasteiger partial charge >= 0.3 is 6.18 Å². The molecule has 0 heterocycles. The summed E-state index contributed by atoms with van der Waals surface area (Å²) in [6.07, 6.45) is -3.55. The van der Waals surface area contributed by atoms with Crippen molar-refractivity contribution in [2.24, 2.45) is 5.10 Å². The number of anilines is 1. The maximum Gasteiger partial charge on any atom is 0.417 e. The molecule has 22 heavy (non-hydrogen) atoms. The molecule has 0 aliphatic rings. The zero-order chi connectivity index (χ0) is 16.2. The molecule has 0 radical (unpaired) electrons. The zero-order valence-electron chi connectivity index (χ0n) is 11.3. The Morgan fingerprint density at radius 3 is 2.41 bits per heavy atom. The molecule has 0 aromatic heterocycles. The summed E-state index contributed by atoms with van der Waals surface area (Å²) >= 11 is 0. The van der Waals surface area contributed by atoms with E-state index < -0.39 is 17.6 Å². The summed E-state index contributed by atoms with van der Waals surface area (Å²) in [7, 11) is 0. The zero-order valence-corrected chi connectivity index (χ0v) is 11.3. The number of carbonyl (C=O) groups is 1. The van der Waals surface area contributed by atoms with Crippen molar-refractivity contribution in [2.45, 2.75) is 6.18 Å². The van der Waals surface area contributed by atoms with Crippen LogP contribution in [-0.2, 0) is 6.18 Å². The summed E-state index contributed by atoms with van der Waals surface area (Å²) in [6.45, 7) is 0. The Labute approximate surface area is 124 Å². The highest BCUT2D eigenvalue weighted by molar-refractivity contribution is 5.99. The third-order valence-corrected chi connectivity index (χ3v) is 2.84. The standard InChI is InChI=1S/C15H12F3N3O/c16-15(17,18)12-7-3-1-5-10(12)9-20-21-14(22)11-6-2-4-8-13(11)19/h1-9H,19H2,(H,21,22)/b20-9-. The molecule has 7 heteroatoms. The third-order valence-electron chi connectivity index (χ3n) is 2.84. The molecule has 0 aliphatic heterocycles. The van der Waals surface area contributed by atoms with Gasteiger partial charge in [0.25, 0.3) is 5.91 Å². The molecule has 2 aromatic carbocycles. The molecule has 2 aromatic rings. The number of hydrogen-bond acceptors (Lipinski definition) is 3. The van der Waals surface area contributed by atoms with Gasteiger partial charge in [-0.05, 0) is 18.2 Å². The van der Waals surface area contributed by atoms with E-state index >= 15 is 0 Å². The quantitative estimate of drug-likeness (QED) is 0.520. The molecule has 0 saturated carbocycles. The lowest BCUT2D eigenvalue weighted by atomic mass is 10.1. The minimum atomic E-state index is -4.49. The van der Waals surface area contributed by atoms with Crippen molar-refractivity contribution in [3.05, 3.63) is 65.2 Å². The largest absolute Gasteiger partial charge is 0.417 e. The number of para-hydroxylation sites is 1. The molecule has 0 atom stereocenters. The highest BCUT2D eigenvalue weighted by atomic mass is 19.4. The van der Waals surface area contributed by atoms with Crippen LogP contribution in [0.4, 0.5) is 18.9 Å². The van der Waals surface area contributed by atoms with Gasteiger partial charge in [0, 0.05) is 11.3 Å². The summed E-state index contributed by atoms with van der Waals surface area (Å²) in [6, 6.07) is 11.2. The number of nitrogens with one attached hydrogen (secondary N) is 1. The van der Waals surface area contributed by atoms with Crippen LogP contribution in [0, 0.1) is 0 Å². The average Bonchev–Trinajstić information content (AvgIpc) is 2.47. The second-order valence-electron chi connectivity index (χ2n) is 4.37. The molecule has 3 N–H and O–H groups in total. The second kappa shape index (κ2) is 6.30. The van der Waals surface area contributed by atoms with Crippen LogP contribution in [-0.4, -0.2) is 12.1 Å². The Kier molecular flexibility index (Phi) is 4.45. The van der Waals surface area contributed by atoms with Crippen LogP contribution in [0.25, 0.3) is 0 Å². The lowest BCUT2D eigenvalue weighted by Gasteiger charge is -2.09. The van der Waals surface area contributed by atoms with Gasteiger partial charge in [0.15, 0.2) is 0 Å². The molecule has 0 saturated heterocycles. The van der Waals surface area contributed by atoms with Gasteiger partial charge in [-0.3, -0.25) is 4.79 Å². The summed E-state index contributed by atoms with van der Waals surface area (Å²) < 4.78 is 38.4. The van der Waals surface area contributed by atoms with Crippen LogP contribution in [0.3, 0.4) is 0 Å². The number of rotatable bonds is 3. The van der Waals surface area contributed by atoms with Crippen LogP contribution >= 0.6 is 0 Å². The van der Waals surface area contributed by atoms with Gasteiger partial charge in [-0.15, -0.1) is 0 Å². The van der Waals surface area contributed by atoms with E-state index in [-0.39, 0.29) is 16.8 Å². The molecular weight excluding hydrogens is 295 g/mol. The highest BCUT2D eigenvalue weighted by Gasteiger charge is 2.32. The van der Waals surface area contributed by atoms with Gasteiger partial charge in [-0.1, -0.05) is 30.3 Å². The van der Waals surface area contributed by atoms with Crippen LogP contribution in [0.2, 0.25) is 0 Å². The first-order chi connectivity index (χ1) is 10.4. The van der Waals surface area contributed by atoms with Crippen LogP contribution < -0.4 is 11.2 Å². The SMILES string of the molecule is Nc1ccccc1C(=O)N/N=C\c1ccccc1C(F)(F)F. The van der Waals surface area contributed by atoms with Gasteiger partial charge in [0.2, 0.25) is 0 Å². The first kappa shape index (κ1) is 15.6. The van der Waals surface area contributed by atoms with Crippen molar-refractivity contribution in [3.8, 4) is 0 Å². The van der Waals surface area contributed by atoms with Crippen molar-refractivity contribution in [3.63, 3.8) is 0 Å². The summed E-state index contributed by atoms with van der Waals surface area (Å²) in [5.74, 6) is -0.598. The number of nitrogens with two attached hydrogens (primary N) is 1.